The van der Waals surface area contributed by atoms with Crippen LogP contribution in [0.1, 0.15) is 27.0 Å². The van der Waals surface area contributed by atoms with Gasteiger partial charge >= 0.3 is 5.97 Å². The van der Waals surface area contributed by atoms with E-state index in [1.165, 1.54) is 7.11 Å². The Labute approximate surface area is 90.0 Å². The van der Waals surface area contributed by atoms with Crippen molar-refractivity contribution >= 4 is 5.97 Å². The third-order valence-corrected chi connectivity index (χ3v) is 2.58. The molecule has 0 atom stereocenters. The maximum absolute atomic E-state index is 11.6. The van der Waals surface area contributed by atoms with Crippen LogP contribution in [-0.2, 0) is 4.74 Å². The first kappa shape index (κ1) is 11.6. The lowest BCUT2D eigenvalue weighted by atomic mass is 9.99. The van der Waals surface area contributed by atoms with Crippen LogP contribution in [0.25, 0.3) is 0 Å². The fourth-order valence-electron chi connectivity index (χ4n) is 1.66. The number of rotatable bonds is 2. The number of benzene rings is 1. The number of aryl methyl sites for hydroxylation is 2. The van der Waals surface area contributed by atoms with Crippen LogP contribution in [0.4, 0.5) is 0 Å². The molecule has 1 aromatic rings. The molecule has 0 amide bonds. The molecule has 15 heavy (non-hydrogen) atoms. The van der Waals surface area contributed by atoms with E-state index in [2.05, 4.69) is 0 Å². The Morgan fingerprint density at radius 2 is 1.73 bits per heavy atom. The highest BCUT2D eigenvalue weighted by Crippen LogP contribution is 2.29. The molecule has 3 heteroatoms. The van der Waals surface area contributed by atoms with E-state index in [9.17, 15) is 4.79 Å². The zero-order chi connectivity index (χ0) is 11.6. The maximum atomic E-state index is 11.6. The third-order valence-electron chi connectivity index (χ3n) is 2.58. The van der Waals surface area contributed by atoms with Crippen LogP contribution >= 0.6 is 0 Å². The van der Waals surface area contributed by atoms with Crippen LogP contribution in [-0.4, -0.2) is 20.2 Å². The summed E-state index contributed by atoms with van der Waals surface area (Å²) in [6, 6.07) is 1.96. The van der Waals surface area contributed by atoms with Gasteiger partial charge in [-0.1, -0.05) is 6.07 Å². The molecule has 0 aliphatic rings. The molecule has 0 unspecified atom stereocenters. The third kappa shape index (κ3) is 1.96. The zero-order valence-electron chi connectivity index (χ0n) is 9.80. The van der Waals surface area contributed by atoms with Gasteiger partial charge in [-0.3, -0.25) is 0 Å². The summed E-state index contributed by atoms with van der Waals surface area (Å²) in [4.78, 5) is 11.6. The molecule has 0 spiro atoms. The Morgan fingerprint density at radius 1 is 1.13 bits per heavy atom. The van der Waals surface area contributed by atoms with Gasteiger partial charge in [0, 0.05) is 0 Å². The summed E-state index contributed by atoms with van der Waals surface area (Å²) in [6.07, 6.45) is 0. The van der Waals surface area contributed by atoms with Crippen LogP contribution in [0.15, 0.2) is 6.07 Å². The number of methoxy groups -OCH3 is 2. The maximum Gasteiger partial charge on any atom is 0.341 e. The Kier molecular flexibility index (Phi) is 3.35. The smallest absolute Gasteiger partial charge is 0.341 e. The molecular formula is C12H16O3. The van der Waals surface area contributed by atoms with Crippen molar-refractivity contribution < 1.29 is 14.3 Å². The number of carbonyl (C=O) groups is 1. The van der Waals surface area contributed by atoms with Crippen molar-refractivity contribution in [2.24, 2.45) is 0 Å². The quantitative estimate of drug-likeness (QED) is 0.700. The van der Waals surface area contributed by atoms with E-state index in [1.807, 2.05) is 26.8 Å². The highest BCUT2D eigenvalue weighted by Gasteiger charge is 2.19. The SMILES string of the molecule is COC(=O)c1c(C)cc(C)c(C)c1OC. The summed E-state index contributed by atoms with van der Waals surface area (Å²) in [5, 5.41) is 0. The van der Waals surface area contributed by atoms with Crippen molar-refractivity contribution in [1.82, 2.24) is 0 Å². The van der Waals surface area contributed by atoms with Gasteiger partial charge in [-0.15, -0.1) is 0 Å². The molecule has 0 fully saturated rings. The van der Waals surface area contributed by atoms with E-state index in [-0.39, 0.29) is 5.97 Å². The monoisotopic (exact) mass is 208 g/mol. The van der Waals surface area contributed by atoms with Crippen molar-refractivity contribution in [1.29, 1.82) is 0 Å². The van der Waals surface area contributed by atoms with Gasteiger partial charge in [0.2, 0.25) is 0 Å². The van der Waals surface area contributed by atoms with Crippen LogP contribution < -0.4 is 4.74 Å². The molecule has 0 radical (unpaired) electrons. The van der Waals surface area contributed by atoms with E-state index in [0.717, 1.165) is 16.7 Å². The van der Waals surface area contributed by atoms with E-state index >= 15 is 0 Å². The van der Waals surface area contributed by atoms with Gasteiger partial charge in [-0.25, -0.2) is 4.79 Å². The van der Waals surface area contributed by atoms with Crippen LogP contribution in [0.2, 0.25) is 0 Å². The topological polar surface area (TPSA) is 35.5 Å². The average molecular weight is 208 g/mol. The van der Waals surface area contributed by atoms with E-state index in [1.54, 1.807) is 7.11 Å². The van der Waals surface area contributed by atoms with Gasteiger partial charge in [0.25, 0.3) is 0 Å². The standard InChI is InChI=1S/C12H16O3/c1-7-6-8(2)10(12(13)15-5)11(14-4)9(7)3/h6H,1-5H3. The molecule has 0 aromatic heterocycles. The number of hydrogen-bond donors (Lipinski definition) is 0. The first-order valence-corrected chi connectivity index (χ1v) is 4.76. The second-order valence-electron chi connectivity index (χ2n) is 3.54. The lowest BCUT2D eigenvalue weighted by molar-refractivity contribution is 0.0596. The normalized spacial score (nSPS) is 9.93. The van der Waals surface area contributed by atoms with Crippen molar-refractivity contribution in [3.63, 3.8) is 0 Å². The summed E-state index contributed by atoms with van der Waals surface area (Å²) in [6.45, 7) is 5.80. The minimum Gasteiger partial charge on any atom is -0.496 e. The second kappa shape index (κ2) is 4.34. The van der Waals surface area contributed by atoms with Gasteiger partial charge in [-0.05, 0) is 37.5 Å². The molecule has 3 nitrogen and oxygen atoms in total. The highest BCUT2D eigenvalue weighted by atomic mass is 16.5. The number of esters is 1. The van der Waals surface area contributed by atoms with Gasteiger partial charge in [0.1, 0.15) is 11.3 Å². The summed E-state index contributed by atoms with van der Waals surface area (Å²) < 4.78 is 10.00. The number of ether oxygens (including phenoxy) is 2. The van der Waals surface area contributed by atoms with Crippen molar-refractivity contribution in [2.75, 3.05) is 14.2 Å². The lowest BCUT2D eigenvalue weighted by Crippen LogP contribution is -2.08. The summed E-state index contributed by atoms with van der Waals surface area (Å²) in [5.74, 6) is 0.256. The summed E-state index contributed by atoms with van der Waals surface area (Å²) in [7, 11) is 2.93. The fraction of sp³-hybridized carbons (Fsp3) is 0.417. The Balaban J connectivity index is 3.49. The number of hydrogen-bond acceptors (Lipinski definition) is 3. The zero-order valence-corrected chi connectivity index (χ0v) is 9.80. The minimum absolute atomic E-state index is 0.354. The van der Waals surface area contributed by atoms with E-state index in [0.29, 0.717) is 11.3 Å². The fourth-order valence-corrected chi connectivity index (χ4v) is 1.66. The largest absolute Gasteiger partial charge is 0.496 e. The van der Waals surface area contributed by atoms with Crippen molar-refractivity contribution in [2.45, 2.75) is 20.8 Å². The lowest BCUT2D eigenvalue weighted by Gasteiger charge is -2.14. The average Bonchev–Trinajstić information content (AvgIpc) is 2.21. The Morgan fingerprint density at radius 3 is 2.20 bits per heavy atom. The van der Waals surface area contributed by atoms with Gasteiger partial charge in [-0.2, -0.15) is 0 Å². The van der Waals surface area contributed by atoms with E-state index < -0.39 is 0 Å². The molecular weight excluding hydrogens is 192 g/mol. The van der Waals surface area contributed by atoms with Gasteiger partial charge in [0.15, 0.2) is 0 Å². The molecule has 0 heterocycles. The Hall–Kier alpha value is -1.51. The Bertz CT molecular complexity index is 394. The molecule has 0 saturated carbocycles. The minimum atomic E-state index is -0.354. The molecule has 0 saturated heterocycles. The van der Waals surface area contributed by atoms with Crippen LogP contribution in [0, 0.1) is 20.8 Å². The summed E-state index contributed by atoms with van der Waals surface area (Å²) >= 11 is 0. The van der Waals surface area contributed by atoms with Crippen LogP contribution in [0.3, 0.4) is 0 Å². The predicted octanol–water partition coefficient (Wildman–Crippen LogP) is 2.41. The second-order valence-corrected chi connectivity index (χ2v) is 3.54. The molecule has 0 bridgehead atoms. The molecule has 0 aliphatic carbocycles. The molecule has 0 N–H and O–H groups in total. The first-order valence-electron chi connectivity index (χ1n) is 4.76. The first-order chi connectivity index (χ1) is 7.02. The molecule has 82 valence electrons. The van der Waals surface area contributed by atoms with Gasteiger partial charge in [0.05, 0.1) is 14.2 Å². The highest BCUT2D eigenvalue weighted by molar-refractivity contribution is 5.94. The predicted molar refractivity (Wildman–Crippen MR) is 58.5 cm³/mol. The molecule has 1 aromatic carbocycles. The van der Waals surface area contributed by atoms with Crippen molar-refractivity contribution in [3.05, 3.63) is 28.3 Å². The summed E-state index contributed by atoms with van der Waals surface area (Å²) in [5.41, 5.74) is 3.48. The van der Waals surface area contributed by atoms with Crippen molar-refractivity contribution in [3.8, 4) is 5.75 Å². The number of carbonyl (C=O) groups excluding carboxylic acids is 1. The van der Waals surface area contributed by atoms with Gasteiger partial charge < -0.3 is 9.47 Å². The van der Waals surface area contributed by atoms with E-state index in [4.69, 9.17) is 9.47 Å². The molecule has 0 aliphatic heterocycles. The molecule has 1 rings (SSSR count). The van der Waals surface area contributed by atoms with Crippen LogP contribution in [0.5, 0.6) is 5.75 Å².